The lowest BCUT2D eigenvalue weighted by molar-refractivity contribution is 0.0121. The molecule has 0 aliphatic carbocycles. The van der Waals surface area contributed by atoms with Gasteiger partial charge in [0.05, 0.1) is 11.1 Å². The van der Waals surface area contributed by atoms with Gasteiger partial charge in [-0.15, -0.1) is 0 Å². The largest absolute Gasteiger partial charge is 0.478 e. The second kappa shape index (κ2) is 12.5. The van der Waals surface area contributed by atoms with Crippen LogP contribution in [0.3, 0.4) is 0 Å². The van der Waals surface area contributed by atoms with E-state index < -0.39 is 35.2 Å². The number of carbonyl (C=O) groups is 2. The van der Waals surface area contributed by atoms with Crippen LogP contribution in [0.5, 0.6) is 0 Å². The Morgan fingerprint density at radius 2 is 1.08 bits per heavy atom. The van der Waals surface area contributed by atoms with Crippen molar-refractivity contribution in [3.05, 3.63) is 46.8 Å². The van der Waals surface area contributed by atoms with Gasteiger partial charge in [0.25, 0.3) is 11.8 Å². The van der Waals surface area contributed by atoms with Crippen molar-refractivity contribution < 1.29 is 37.4 Å². The molecule has 200 valence electrons. The van der Waals surface area contributed by atoms with E-state index in [1.807, 2.05) is 27.7 Å². The van der Waals surface area contributed by atoms with Crippen LogP contribution in [0.1, 0.15) is 86.5 Å². The van der Waals surface area contributed by atoms with Crippen LogP contribution in [-0.4, -0.2) is 44.2 Å². The van der Waals surface area contributed by atoms with E-state index in [1.165, 1.54) is 12.1 Å². The van der Waals surface area contributed by atoms with Crippen LogP contribution in [0.25, 0.3) is 0 Å². The van der Waals surface area contributed by atoms with Crippen molar-refractivity contribution in [1.82, 2.24) is 9.97 Å². The third-order valence-corrected chi connectivity index (χ3v) is 5.06. The Kier molecular flexibility index (Phi) is 10.6. The van der Waals surface area contributed by atoms with Gasteiger partial charge in [-0.05, 0) is 51.0 Å². The molecule has 0 saturated carbocycles. The van der Waals surface area contributed by atoms with Gasteiger partial charge in [0, 0.05) is 25.9 Å². The Labute approximate surface area is 207 Å². The lowest BCUT2D eigenvalue weighted by Crippen LogP contribution is -2.18. The smallest absolute Gasteiger partial charge is 0.335 e. The summed E-state index contributed by atoms with van der Waals surface area (Å²) < 4.78 is 52.9. The summed E-state index contributed by atoms with van der Waals surface area (Å²) in [5.74, 6) is -8.54. The molecule has 2 aromatic heterocycles. The molecule has 0 saturated heterocycles. The number of rotatable bonds is 10. The normalized spacial score (nSPS) is 13.2. The first-order valence-corrected chi connectivity index (χ1v) is 11.3. The maximum absolute atomic E-state index is 13.2. The Balaban J connectivity index is 0.000000360. The standard InChI is InChI=1S/2C12H16F2N2O2/c2*1-4-7(2)15-10-6-8(11(17)18)5-9(16-10)12(3,13)14/h2*5-7H,4H2,1-3H3,(H,15,16)(H,17,18)/t2*7-/m00/s1. The van der Waals surface area contributed by atoms with Crippen molar-refractivity contribution in [3.63, 3.8) is 0 Å². The number of hydrogen-bond acceptors (Lipinski definition) is 6. The molecule has 0 aromatic carbocycles. The molecule has 0 spiro atoms. The van der Waals surface area contributed by atoms with Gasteiger partial charge in [0.1, 0.15) is 23.0 Å². The van der Waals surface area contributed by atoms with Crippen LogP contribution < -0.4 is 10.6 Å². The first-order valence-electron chi connectivity index (χ1n) is 11.3. The number of aromatic carboxylic acids is 2. The zero-order valence-corrected chi connectivity index (χ0v) is 21.0. The lowest BCUT2D eigenvalue weighted by atomic mass is 10.1. The van der Waals surface area contributed by atoms with Crippen LogP contribution in [-0.2, 0) is 11.8 Å². The van der Waals surface area contributed by atoms with Crippen LogP contribution in [0.4, 0.5) is 29.2 Å². The fraction of sp³-hybridized carbons (Fsp3) is 0.500. The number of carboxylic acids is 2. The number of nitrogens with zero attached hydrogens (tertiary/aromatic N) is 2. The van der Waals surface area contributed by atoms with Gasteiger partial charge in [-0.2, -0.15) is 17.6 Å². The average Bonchev–Trinajstić information content (AvgIpc) is 2.77. The van der Waals surface area contributed by atoms with Gasteiger partial charge >= 0.3 is 11.9 Å². The molecule has 0 aliphatic heterocycles. The summed E-state index contributed by atoms with van der Waals surface area (Å²) in [4.78, 5) is 29.3. The fourth-order valence-electron chi connectivity index (χ4n) is 2.61. The average molecular weight is 517 g/mol. The van der Waals surface area contributed by atoms with Crippen molar-refractivity contribution in [2.45, 2.75) is 78.3 Å². The molecular formula is C24H32F4N4O4. The summed E-state index contributed by atoms with van der Waals surface area (Å²) in [5.41, 5.74) is -1.50. The highest BCUT2D eigenvalue weighted by atomic mass is 19.3. The van der Waals surface area contributed by atoms with Crippen LogP contribution in [0.2, 0.25) is 0 Å². The summed E-state index contributed by atoms with van der Waals surface area (Å²) in [5, 5.41) is 23.6. The molecule has 0 amide bonds. The van der Waals surface area contributed by atoms with E-state index in [0.29, 0.717) is 13.8 Å². The number of carboxylic acid groups (broad SMARTS) is 2. The van der Waals surface area contributed by atoms with Crippen LogP contribution >= 0.6 is 0 Å². The summed E-state index contributed by atoms with van der Waals surface area (Å²) in [6.07, 6.45) is 1.55. The fourth-order valence-corrected chi connectivity index (χ4v) is 2.61. The van der Waals surface area contributed by atoms with Gasteiger partial charge in [-0.25, -0.2) is 19.6 Å². The molecule has 2 atom stereocenters. The number of aromatic nitrogens is 2. The minimum atomic E-state index is -3.17. The van der Waals surface area contributed by atoms with Gasteiger partial charge in [-0.3, -0.25) is 0 Å². The zero-order chi connectivity index (χ0) is 27.8. The van der Waals surface area contributed by atoms with Crippen molar-refractivity contribution in [3.8, 4) is 0 Å². The number of hydrogen-bond donors (Lipinski definition) is 4. The van der Waals surface area contributed by atoms with Gasteiger partial charge < -0.3 is 20.8 Å². The lowest BCUT2D eigenvalue weighted by Gasteiger charge is -2.16. The number of halogens is 4. The van der Waals surface area contributed by atoms with E-state index in [-0.39, 0.29) is 34.8 Å². The molecule has 2 heterocycles. The molecular weight excluding hydrogens is 484 g/mol. The SMILES string of the molecule is CC[C@H](C)Nc1cc(C(=O)O)cc(C(C)(F)F)n1.CC[C@H](C)Nc1cc(C(=O)O)cc(C(C)(F)F)n1. The molecule has 0 radical (unpaired) electrons. The van der Waals surface area contributed by atoms with Crippen molar-refractivity contribution >= 4 is 23.6 Å². The van der Waals surface area contributed by atoms with Gasteiger partial charge in [-0.1, -0.05) is 13.8 Å². The minimum Gasteiger partial charge on any atom is -0.478 e. The second-order valence-corrected chi connectivity index (χ2v) is 8.55. The highest BCUT2D eigenvalue weighted by Gasteiger charge is 2.29. The number of anilines is 2. The molecule has 8 nitrogen and oxygen atoms in total. The molecule has 12 heteroatoms. The van der Waals surface area contributed by atoms with Crippen LogP contribution in [0, 0.1) is 0 Å². The van der Waals surface area contributed by atoms with Crippen LogP contribution in [0.15, 0.2) is 24.3 Å². The molecule has 0 bridgehead atoms. The van der Waals surface area contributed by atoms with E-state index in [0.717, 1.165) is 25.0 Å². The highest BCUT2D eigenvalue weighted by Crippen LogP contribution is 2.28. The molecule has 2 aromatic rings. The van der Waals surface area contributed by atoms with E-state index in [9.17, 15) is 27.2 Å². The second-order valence-electron chi connectivity index (χ2n) is 8.55. The van der Waals surface area contributed by atoms with Crippen molar-refractivity contribution in [1.29, 1.82) is 0 Å². The predicted octanol–water partition coefficient (Wildman–Crippen LogP) is 6.20. The maximum Gasteiger partial charge on any atom is 0.335 e. The number of alkyl halides is 4. The maximum atomic E-state index is 13.2. The third kappa shape index (κ3) is 9.67. The van der Waals surface area contributed by atoms with Crippen molar-refractivity contribution in [2.75, 3.05) is 10.6 Å². The topological polar surface area (TPSA) is 124 Å². The number of pyridine rings is 2. The molecule has 4 N–H and O–H groups in total. The third-order valence-electron chi connectivity index (χ3n) is 5.06. The molecule has 2 rings (SSSR count). The minimum absolute atomic E-state index is 0.0277. The van der Waals surface area contributed by atoms with E-state index in [4.69, 9.17) is 10.2 Å². The molecule has 36 heavy (non-hydrogen) atoms. The summed E-state index contributed by atoms with van der Waals surface area (Å²) in [6.45, 7) is 8.95. The van der Waals surface area contributed by atoms with Gasteiger partial charge in [0.15, 0.2) is 0 Å². The van der Waals surface area contributed by atoms with E-state index in [1.54, 1.807) is 0 Å². The summed E-state index contributed by atoms with van der Waals surface area (Å²) in [6, 6.07) is 4.35. The predicted molar refractivity (Wildman–Crippen MR) is 128 cm³/mol. The Bertz CT molecular complexity index is 972. The quantitative estimate of drug-likeness (QED) is 0.275. The number of nitrogens with one attached hydrogen (secondary N) is 2. The Morgan fingerprint density at radius 3 is 1.31 bits per heavy atom. The molecule has 0 unspecified atom stereocenters. The zero-order valence-electron chi connectivity index (χ0n) is 21.0. The first kappa shape index (κ1) is 30.6. The van der Waals surface area contributed by atoms with Gasteiger partial charge in [0.2, 0.25) is 0 Å². The molecule has 0 aliphatic rings. The van der Waals surface area contributed by atoms with Crippen molar-refractivity contribution in [2.24, 2.45) is 0 Å². The monoisotopic (exact) mass is 516 g/mol. The Hall–Kier alpha value is -3.44. The van der Waals surface area contributed by atoms with E-state index >= 15 is 0 Å². The van der Waals surface area contributed by atoms with E-state index in [2.05, 4.69) is 20.6 Å². The molecule has 0 fully saturated rings. The highest BCUT2D eigenvalue weighted by molar-refractivity contribution is 5.89. The summed E-state index contributed by atoms with van der Waals surface area (Å²) in [7, 11) is 0. The Morgan fingerprint density at radius 1 is 0.778 bits per heavy atom. The summed E-state index contributed by atoms with van der Waals surface area (Å²) >= 11 is 0. The first-order chi connectivity index (χ1) is 16.5.